The Morgan fingerprint density at radius 3 is 1.86 bits per heavy atom. The second-order valence-corrected chi connectivity index (χ2v) is 2.59. The van der Waals surface area contributed by atoms with Gasteiger partial charge in [0.1, 0.15) is 0 Å². The molecular weight excluding hydrogens is 172 g/mol. The lowest BCUT2D eigenvalue weighted by Crippen LogP contribution is -1.74. The van der Waals surface area contributed by atoms with Crippen LogP contribution in [-0.2, 0) is 0 Å². The van der Waals surface area contributed by atoms with Crippen molar-refractivity contribution >= 4 is 12.2 Å². The van der Waals surface area contributed by atoms with Gasteiger partial charge in [-0.3, -0.25) is 0 Å². The zero-order chi connectivity index (χ0) is 10.2. The average molecular weight is 180 g/mol. The summed E-state index contributed by atoms with van der Waals surface area (Å²) >= 11 is 0. The minimum Gasteiger partial charge on any atom is -0.193 e. The highest BCUT2D eigenvalue weighted by Gasteiger charge is 1.88. The van der Waals surface area contributed by atoms with Gasteiger partial charge in [0.25, 0.3) is 0 Å². The van der Waals surface area contributed by atoms with E-state index >= 15 is 0 Å². The van der Waals surface area contributed by atoms with Crippen LogP contribution in [0.15, 0.2) is 36.4 Å². The molecule has 0 radical (unpaired) electrons. The molecule has 0 N–H and O–H groups in total. The summed E-state index contributed by atoms with van der Waals surface area (Å²) in [6, 6.07) is 11.4. The number of hydrogen-bond donors (Lipinski definition) is 0. The highest BCUT2D eigenvalue weighted by molar-refractivity contribution is 5.59. The SMILES string of the molecule is N#CC=Cc1cccc(C=CC#N)c1. The van der Waals surface area contributed by atoms with Gasteiger partial charge in [0, 0.05) is 12.2 Å². The van der Waals surface area contributed by atoms with E-state index in [1.165, 1.54) is 12.2 Å². The van der Waals surface area contributed by atoms with Gasteiger partial charge in [-0.05, 0) is 29.3 Å². The molecule has 0 aliphatic carbocycles. The molecule has 0 amide bonds. The molecule has 1 aromatic rings. The smallest absolute Gasteiger partial charge is 0.0912 e. The third kappa shape index (κ3) is 2.97. The summed E-state index contributed by atoms with van der Waals surface area (Å²) < 4.78 is 0. The monoisotopic (exact) mass is 180 g/mol. The number of hydrogen-bond acceptors (Lipinski definition) is 2. The molecule has 0 saturated heterocycles. The number of rotatable bonds is 2. The summed E-state index contributed by atoms with van der Waals surface area (Å²) in [6.07, 6.45) is 6.30. The van der Waals surface area contributed by atoms with Gasteiger partial charge in [0.05, 0.1) is 12.1 Å². The first kappa shape index (κ1) is 9.77. The first-order valence-corrected chi connectivity index (χ1v) is 4.09. The van der Waals surface area contributed by atoms with Crippen LogP contribution in [0, 0.1) is 22.7 Å². The second-order valence-electron chi connectivity index (χ2n) is 2.59. The zero-order valence-electron chi connectivity index (χ0n) is 7.51. The number of allylic oxidation sites excluding steroid dienone is 2. The van der Waals surface area contributed by atoms with Crippen molar-refractivity contribution in [1.82, 2.24) is 0 Å². The Kier molecular flexibility index (Phi) is 3.73. The fourth-order valence-electron chi connectivity index (χ4n) is 1.03. The maximum absolute atomic E-state index is 8.34. The zero-order valence-corrected chi connectivity index (χ0v) is 7.51. The summed E-state index contributed by atoms with van der Waals surface area (Å²) in [5.74, 6) is 0. The predicted molar refractivity (Wildman–Crippen MR) is 55.7 cm³/mol. The molecule has 0 saturated carbocycles. The Morgan fingerprint density at radius 1 is 0.929 bits per heavy atom. The molecule has 14 heavy (non-hydrogen) atoms. The summed E-state index contributed by atoms with van der Waals surface area (Å²) in [4.78, 5) is 0. The highest BCUT2D eigenvalue weighted by atomic mass is 14.2. The van der Waals surface area contributed by atoms with Crippen LogP contribution in [-0.4, -0.2) is 0 Å². The van der Waals surface area contributed by atoms with Gasteiger partial charge in [-0.15, -0.1) is 0 Å². The molecule has 2 nitrogen and oxygen atoms in total. The van der Waals surface area contributed by atoms with Crippen molar-refractivity contribution in [2.24, 2.45) is 0 Å². The Balaban J connectivity index is 2.92. The molecule has 1 rings (SSSR count). The Labute approximate surface area is 83.0 Å². The summed E-state index contributed by atoms with van der Waals surface area (Å²) in [5, 5.41) is 16.7. The van der Waals surface area contributed by atoms with Crippen molar-refractivity contribution in [3.8, 4) is 12.1 Å². The van der Waals surface area contributed by atoms with Crippen LogP contribution in [0.4, 0.5) is 0 Å². The largest absolute Gasteiger partial charge is 0.193 e. The Morgan fingerprint density at radius 2 is 1.43 bits per heavy atom. The van der Waals surface area contributed by atoms with Gasteiger partial charge in [0.2, 0.25) is 0 Å². The molecule has 0 spiro atoms. The second kappa shape index (κ2) is 5.35. The van der Waals surface area contributed by atoms with E-state index in [-0.39, 0.29) is 0 Å². The minimum atomic E-state index is 0.951. The quantitative estimate of drug-likeness (QED) is 0.657. The molecule has 0 aliphatic heterocycles. The van der Waals surface area contributed by atoms with Crippen LogP contribution in [0.3, 0.4) is 0 Å². The van der Waals surface area contributed by atoms with Crippen molar-refractivity contribution in [2.75, 3.05) is 0 Å². The molecule has 0 unspecified atom stereocenters. The molecule has 0 aliphatic rings. The van der Waals surface area contributed by atoms with E-state index < -0.39 is 0 Å². The van der Waals surface area contributed by atoms with Gasteiger partial charge in [-0.25, -0.2) is 0 Å². The molecule has 66 valence electrons. The third-order valence-electron chi connectivity index (χ3n) is 1.61. The van der Waals surface area contributed by atoms with Crippen molar-refractivity contribution in [3.05, 3.63) is 47.5 Å². The molecule has 0 atom stereocenters. The summed E-state index contributed by atoms with van der Waals surface area (Å²) in [6.45, 7) is 0. The van der Waals surface area contributed by atoms with E-state index in [4.69, 9.17) is 10.5 Å². The maximum Gasteiger partial charge on any atom is 0.0912 e. The highest BCUT2D eigenvalue weighted by Crippen LogP contribution is 2.08. The van der Waals surface area contributed by atoms with E-state index in [9.17, 15) is 0 Å². The van der Waals surface area contributed by atoms with E-state index in [1.54, 1.807) is 12.2 Å². The van der Waals surface area contributed by atoms with E-state index in [2.05, 4.69) is 0 Å². The maximum atomic E-state index is 8.34. The standard InChI is InChI=1S/C12H8N2/c13-8-2-6-11-4-1-5-12(10-11)7-3-9-14/h1-7,10H. The fourth-order valence-corrected chi connectivity index (χ4v) is 1.03. The average Bonchev–Trinajstić information content (AvgIpc) is 2.24. The van der Waals surface area contributed by atoms with E-state index in [0.717, 1.165) is 11.1 Å². The molecule has 2 heteroatoms. The minimum absolute atomic E-state index is 0.951. The molecule has 1 aromatic carbocycles. The lowest BCUT2D eigenvalue weighted by molar-refractivity contribution is 1.53. The van der Waals surface area contributed by atoms with Gasteiger partial charge in [0.15, 0.2) is 0 Å². The van der Waals surface area contributed by atoms with Crippen molar-refractivity contribution in [2.45, 2.75) is 0 Å². The molecule has 0 fully saturated rings. The lowest BCUT2D eigenvalue weighted by atomic mass is 10.1. The number of benzene rings is 1. The summed E-state index contributed by atoms with van der Waals surface area (Å²) in [5.41, 5.74) is 1.90. The van der Waals surface area contributed by atoms with Gasteiger partial charge in [-0.1, -0.05) is 18.2 Å². The summed E-state index contributed by atoms with van der Waals surface area (Å²) in [7, 11) is 0. The topological polar surface area (TPSA) is 47.6 Å². The molecule has 0 aromatic heterocycles. The molecule has 0 heterocycles. The molecule has 0 bridgehead atoms. The van der Waals surface area contributed by atoms with Crippen LogP contribution in [0.25, 0.3) is 12.2 Å². The lowest BCUT2D eigenvalue weighted by Gasteiger charge is -1.94. The van der Waals surface area contributed by atoms with Crippen LogP contribution in [0.2, 0.25) is 0 Å². The Bertz CT molecular complexity index is 403. The number of nitrogens with zero attached hydrogens (tertiary/aromatic N) is 2. The predicted octanol–water partition coefficient (Wildman–Crippen LogP) is 2.76. The van der Waals surface area contributed by atoms with Crippen LogP contribution < -0.4 is 0 Å². The van der Waals surface area contributed by atoms with Gasteiger partial charge < -0.3 is 0 Å². The van der Waals surface area contributed by atoms with Crippen LogP contribution in [0.5, 0.6) is 0 Å². The van der Waals surface area contributed by atoms with E-state index in [0.29, 0.717) is 0 Å². The van der Waals surface area contributed by atoms with Crippen molar-refractivity contribution in [3.63, 3.8) is 0 Å². The van der Waals surface area contributed by atoms with Crippen molar-refractivity contribution < 1.29 is 0 Å². The van der Waals surface area contributed by atoms with E-state index in [1.807, 2.05) is 36.4 Å². The first-order chi connectivity index (χ1) is 6.86. The van der Waals surface area contributed by atoms with Crippen molar-refractivity contribution in [1.29, 1.82) is 10.5 Å². The normalized spacial score (nSPS) is 10.1. The number of nitriles is 2. The first-order valence-electron chi connectivity index (χ1n) is 4.09. The third-order valence-corrected chi connectivity index (χ3v) is 1.61. The van der Waals surface area contributed by atoms with Crippen LogP contribution >= 0.6 is 0 Å². The van der Waals surface area contributed by atoms with Crippen LogP contribution in [0.1, 0.15) is 11.1 Å². The fraction of sp³-hybridized carbons (Fsp3) is 0. The Hall–Kier alpha value is -2.32. The molecular formula is C12H8N2. The van der Waals surface area contributed by atoms with Gasteiger partial charge >= 0.3 is 0 Å². The van der Waals surface area contributed by atoms with Gasteiger partial charge in [-0.2, -0.15) is 10.5 Å².